The Hall–Kier alpha value is -3.60. The van der Waals surface area contributed by atoms with E-state index >= 15 is 0 Å². The van der Waals surface area contributed by atoms with Gasteiger partial charge in [-0.1, -0.05) is 67.7 Å². The fourth-order valence-electron chi connectivity index (χ4n) is 14.1. The molecule has 0 aromatic rings. The molecular weight excluding hydrogens is 1490 g/mol. The monoisotopic (exact) mass is 1620 g/mol. The Bertz CT molecular complexity index is 2810. The third kappa shape index (κ3) is 33.2. The first-order valence-electron chi connectivity index (χ1n) is 39.4. The summed E-state index contributed by atoms with van der Waals surface area (Å²) in [5.74, 6) is -2.29. The lowest BCUT2D eigenvalue weighted by atomic mass is 9.92. The molecule has 38 heteroatoms. The van der Waals surface area contributed by atoms with Crippen molar-refractivity contribution in [1.82, 2.24) is 30.7 Å². The summed E-state index contributed by atoms with van der Waals surface area (Å²) in [6.07, 6.45) is -7.85. The first-order valence-corrected chi connectivity index (χ1v) is 42.4. The zero-order chi connectivity index (χ0) is 81.3. The fraction of sp³-hybridized carbons (Fsp3) is 0.917. The molecule has 0 aromatic heterocycles. The van der Waals surface area contributed by atoms with E-state index in [1.807, 2.05) is 6.92 Å². The van der Waals surface area contributed by atoms with Crippen molar-refractivity contribution in [2.24, 2.45) is 29.6 Å². The van der Waals surface area contributed by atoms with Gasteiger partial charge in [-0.3, -0.25) is 46.9 Å². The Morgan fingerprint density at radius 3 is 1.04 bits per heavy atom. The van der Waals surface area contributed by atoms with Crippen LogP contribution in [0.3, 0.4) is 0 Å². The topological polar surface area (TPSA) is 506 Å². The zero-order valence-corrected chi connectivity index (χ0v) is 67.4. The van der Waals surface area contributed by atoms with E-state index in [1.165, 1.54) is 16.9 Å². The molecule has 23 atom stereocenters. The predicted molar refractivity (Wildman–Crippen MR) is 394 cm³/mol. The van der Waals surface area contributed by atoms with Gasteiger partial charge in [-0.05, 0) is 88.9 Å². The SMILES string of the molecule is CC(C)C.COC[C@@H]1C[C@@H](OP(=O)(O)OC[C@@H]2C[C@@H](OP(=O)(O)OC[C@@H]3C[C@@H](C)CN3C(=O)CCCCCNC(=O)CCCO[C@@H]3OC(CO)[C@H](O)[C@H](O)C3C)CN2C(=O)CCCCCNC(=O)CCCO[C@@H]2OC(CO)[C@H](O)[C@H](O)C2C)CN1C(=O)CCCCCNC(=O)CCCO[C@@H]1OC(CO)[C@H](O)[C@H](O)C1C. The van der Waals surface area contributed by atoms with Crippen molar-refractivity contribution in [3.8, 4) is 0 Å². The van der Waals surface area contributed by atoms with Crippen LogP contribution in [0.4, 0.5) is 0 Å². The normalized spacial score (nSPS) is 31.6. The summed E-state index contributed by atoms with van der Waals surface area (Å²) in [7, 11) is -8.36. The van der Waals surface area contributed by atoms with Crippen LogP contribution in [0.2, 0.25) is 0 Å². The number of rotatable bonds is 48. The lowest BCUT2D eigenvalue weighted by Crippen LogP contribution is -2.55. The molecule has 0 bridgehead atoms. The maximum Gasteiger partial charge on any atom is 0.472 e. The molecule has 8 unspecified atom stereocenters. The second-order valence-corrected chi connectivity index (χ2v) is 33.5. The Morgan fingerprint density at radius 1 is 0.427 bits per heavy atom. The summed E-state index contributed by atoms with van der Waals surface area (Å²) < 4.78 is 89.1. The van der Waals surface area contributed by atoms with Crippen molar-refractivity contribution >= 4 is 51.1 Å². The Balaban J connectivity index is 0.00000528. The van der Waals surface area contributed by atoms with Gasteiger partial charge in [-0.25, -0.2) is 9.13 Å². The number of methoxy groups -OCH3 is 1. The van der Waals surface area contributed by atoms with Crippen LogP contribution in [0.15, 0.2) is 0 Å². The highest BCUT2D eigenvalue weighted by atomic mass is 31.2. The second kappa shape index (κ2) is 50.1. The molecule has 6 rings (SSSR count). The number of aliphatic hydroxyl groups is 9. The number of nitrogens with zero attached hydrogens (tertiary/aromatic N) is 3. The minimum absolute atomic E-state index is 0.0172. The van der Waals surface area contributed by atoms with E-state index in [1.54, 1.807) is 25.7 Å². The number of hydrogen-bond acceptors (Lipinski definition) is 28. The molecule has 36 nitrogen and oxygen atoms in total. The van der Waals surface area contributed by atoms with Crippen molar-refractivity contribution < 1.29 is 145 Å². The minimum Gasteiger partial charge on any atom is -0.394 e. The standard InChI is InChI=1S/C68H122N6O30P2.C4H10/c1-42-30-46(72(33-42)57(81)21-9-6-12-24-69-54(78)18-15-27-95-66-43(2)60(84)63(87)51(36-75)100-66)40-98-105(90,91)104-50-32-48(74(35-50)59(83)23-11-8-14-26-71-56(80)20-17-29-97-68-45(4)62(86)65(89)53(38-77)102-68)41-99-106(92,93)103-49-31-47(39-94-5)73(34-49)58(82)22-10-7-13-25-70-55(79)19-16-28-96-67-44(3)61(85)64(88)52(37-76)101-67;1-4(2)3/h42-53,60-68,75-77,84-89H,6-41H2,1-5H3,(H,69,78)(H,70,79)(H,71,80)(H,90,91)(H,92,93);4H,1-3H3/t42-,43?,44?,45?,46+,47+,48+,49-,50-,51?,52?,53?,60-,61-,62-,63+,64+,65+,66-,67-,68-;/m1./s1. The highest BCUT2D eigenvalue weighted by Crippen LogP contribution is 2.50. The summed E-state index contributed by atoms with van der Waals surface area (Å²) in [6.45, 7) is 12.6. The van der Waals surface area contributed by atoms with Crippen LogP contribution in [-0.2, 0) is 89.2 Å². The van der Waals surface area contributed by atoms with E-state index in [0.717, 1.165) is 5.92 Å². The van der Waals surface area contributed by atoms with E-state index in [4.69, 9.17) is 51.3 Å². The molecule has 6 aliphatic rings. The average Bonchev–Trinajstić information content (AvgIpc) is 1.56. The number of unbranched alkanes of at least 4 members (excludes halogenated alkanes) is 6. The number of ether oxygens (including phenoxy) is 7. The van der Waals surface area contributed by atoms with Crippen LogP contribution in [-0.4, -0.2) is 316 Å². The first-order chi connectivity index (χ1) is 52.2. The quantitative estimate of drug-likeness (QED) is 0.0302. The molecule has 6 heterocycles. The molecule has 0 aromatic carbocycles. The molecule has 14 N–H and O–H groups in total. The van der Waals surface area contributed by atoms with Gasteiger partial charge in [-0.2, -0.15) is 0 Å². The number of carbonyl (C=O) groups is 6. The largest absolute Gasteiger partial charge is 0.472 e. The molecule has 6 saturated heterocycles. The number of phosphoric acid groups is 2. The molecule has 6 fully saturated rings. The van der Waals surface area contributed by atoms with E-state index in [9.17, 15) is 93.6 Å². The molecule has 0 radical (unpaired) electrons. The van der Waals surface area contributed by atoms with Crippen LogP contribution in [0.25, 0.3) is 0 Å². The van der Waals surface area contributed by atoms with Crippen molar-refractivity contribution in [2.75, 3.05) is 106 Å². The van der Waals surface area contributed by atoms with Crippen LogP contribution >= 0.6 is 15.6 Å². The van der Waals surface area contributed by atoms with E-state index in [-0.39, 0.29) is 133 Å². The average molecular weight is 1620 g/mol. The predicted octanol–water partition coefficient (Wildman–Crippen LogP) is 1.38. The molecule has 110 heavy (non-hydrogen) atoms. The lowest BCUT2D eigenvalue weighted by molar-refractivity contribution is -0.282. The van der Waals surface area contributed by atoms with Gasteiger partial charge in [0.05, 0.1) is 108 Å². The highest BCUT2D eigenvalue weighted by molar-refractivity contribution is 7.47. The van der Waals surface area contributed by atoms with Gasteiger partial charge in [0.15, 0.2) is 18.9 Å². The number of nitrogens with one attached hydrogen (secondary N) is 3. The maximum absolute atomic E-state index is 14.0. The number of phosphoric ester groups is 2. The highest BCUT2D eigenvalue weighted by Gasteiger charge is 2.47. The summed E-state index contributed by atoms with van der Waals surface area (Å²) in [5.41, 5.74) is 0. The Kier molecular flexibility index (Phi) is 44.2. The van der Waals surface area contributed by atoms with Crippen LogP contribution < -0.4 is 16.0 Å². The van der Waals surface area contributed by atoms with Crippen LogP contribution in [0.5, 0.6) is 0 Å². The molecule has 0 saturated carbocycles. The number of amides is 6. The summed E-state index contributed by atoms with van der Waals surface area (Å²) in [6, 6.07) is -2.02. The fourth-order valence-corrected chi connectivity index (χ4v) is 16.0. The molecule has 0 spiro atoms. The van der Waals surface area contributed by atoms with Gasteiger partial charge in [0.25, 0.3) is 0 Å². The van der Waals surface area contributed by atoms with Gasteiger partial charge in [0.1, 0.15) is 36.6 Å². The minimum atomic E-state index is -4.92. The molecule has 6 aliphatic heterocycles. The van der Waals surface area contributed by atoms with Gasteiger partial charge >= 0.3 is 15.6 Å². The van der Waals surface area contributed by atoms with E-state index in [0.29, 0.717) is 110 Å². The van der Waals surface area contributed by atoms with Crippen molar-refractivity contribution in [3.05, 3.63) is 0 Å². The van der Waals surface area contributed by atoms with Crippen molar-refractivity contribution in [1.29, 1.82) is 0 Å². The Labute approximate surface area is 647 Å². The van der Waals surface area contributed by atoms with Gasteiger partial charge < -0.3 is 120 Å². The van der Waals surface area contributed by atoms with Gasteiger partial charge in [0.2, 0.25) is 35.4 Å². The van der Waals surface area contributed by atoms with Gasteiger partial charge in [0, 0.05) is 103 Å². The Morgan fingerprint density at radius 2 is 0.727 bits per heavy atom. The summed E-state index contributed by atoms with van der Waals surface area (Å²) >= 11 is 0. The smallest absolute Gasteiger partial charge is 0.394 e. The third-order valence-corrected chi connectivity index (χ3v) is 22.4. The number of carbonyl (C=O) groups excluding carboxylic acids is 6. The molecular formula is C72H132N6O30P2. The van der Waals surface area contributed by atoms with Crippen LogP contribution in [0, 0.1) is 29.6 Å². The number of likely N-dealkylation sites (tertiary alicyclic amines) is 3. The summed E-state index contributed by atoms with van der Waals surface area (Å²) in [5, 5.41) is 98.0. The van der Waals surface area contributed by atoms with Crippen molar-refractivity contribution in [3.63, 3.8) is 0 Å². The number of hydrogen-bond donors (Lipinski definition) is 14. The summed E-state index contributed by atoms with van der Waals surface area (Å²) in [4.78, 5) is 106. The van der Waals surface area contributed by atoms with E-state index in [2.05, 4.69) is 36.7 Å². The molecule has 6 amide bonds. The zero-order valence-electron chi connectivity index (χ0n) is 65.6. The van der Waals surface area contributed by atoms with Crippen LogP contribution in [0.1, 0.15) is 183 Å². The third-order valence-electron chi connectivity index (χ3n) is 20.3. The molecule has 0 aliphatic carbocycles. The molecule has 640 valence electrons. The lowest BCUT2D eigenvalue weighted by Gasteiger charge is -2.40. The maximum atomic E-state index is 14.0. The van der Waals surface area contributed by atoms with E-state index < -0.39 is 170 Å². The van der Waals surface area contributed by atoms with Gasteiger partial charge in [-0.15, -0.1) is 0 Å². The van der Waals surface area contributed by atoms with Crippen molar-refractivity contribution in [2.45, 2.75) is 287 Å². The number of aliphatic hydroxyl groups excluding tert-OH is 9. The first kappa shape index (κ1) is 97.0. The second-order valence-electron chi connectivity index (χ2n) is 30.7.